The Morgan fingerprint density at radius 2 is 2.28 bits per heavy atom. The summed E-state index contributed by atoms with van der Waals surface area (Å²) < 4.78 is 5.29. The van der Waals surface area contributed by atoms with Gasteiger partial charge in [0.15, 0.2) is 10.9 Å². The molecule has 0 aliphatic heterocycles. The van der Waals surface area contributed by atoms with Crippen LogP contribution in [-0.4, -0.2) is 16.8 Å². The van der Waals surface area contributed by atoms with Crippen LogP contribution in [0.25, 0.3) is 0 Å². The summed E-state index contributed by atoms with van der Waals surface area (Å²) in [6.07, 6.45) is 2.04. The van der Waals surface area contributed by atoms with Gasteiger partial charge in [0.1, 0.15) is 10.6 Å². The third-order valence-corrected chi connectivity index (χ3v) is 3.13. The van der Waals surface area contributed by atoms with Gasteiger partial charge in [-0.1, -0.05) is 18.3 Å². The van der Waals surface area contributed by atoms with Gasteiger partial charge in [0.25, 0.3) is 11.8 Å². The molecule has 0 radical (unpaired) electrons. The zero-order chi connectivity index (χ0) is 13.1. The molecule has 18 heavy (non-hydrogen) atoms. The number of nitrogens with one attached hydrogen (secondary N) is 1. The molecule has 0 fully saturated rings. The molecule has 2 aromatic heterocycles. The van der Waals surface area contributed by atoms with Crippen LogP contribution in [0.15, 0.2) is 22.7 Å². The maximum atomic E-state index is 11.8. The van der Waals surface area contributed by atoms with Crippen molar-refractivity contribution in [1.29, 1.82) is 0 Å². The number of carbonyl (C=O) groups excluding carboxylic acids is 2. The highest BCUT2D eigenvalue weighted by Gasteiger charge is 2.14. The standard InChI is InChI=1S/C11H11N3O3S/c1-2-6-3-4-7(17-6)10(16)14-11-13-5-8(18-11)9(12)15/h3-5H,2H2,1H3,(H2,12,15)(H,13,14,16). The van der Waals surface area contributed by atoms with Crippen molar-refractivity contribution in [3.63, 3.8) is 0 Å². The number of hydrogen-bond donors (Lipinski definition) is 2. The first-order valence-corrected chi connectivity index (χ1v) is 6.07. The molecule has 0 atom stereocenters. The quantitative estimate of drug-likeness (QED) is 0.878. The summed E-state index contributed by atoms with van der Waals surface area (Å²) >= 11 is 1.02. The first kappa shape index (κ1) is 12.3. The van der Waals surface area contributed by atoms with Gasteiger partial charge in [0.2, 0.25) is 0 Å². The van der Waals surface area contributed by atoms with E-state index in [-0.39, 0.29) is 5.76 Å². The van der Waals surface area contributed by atoms with Crippen LogP contribution in [0.2, 0.25) is 0 Å². The van der Waals surface area contributed by atoms with E-state index in [0.29, 0.717) is 10.0 Å². The number of hydrogen-bond acceptors (Lipinski definition) is 5. The lowest BCUT2D eigenvalue weighted by atomic mass is 10.3. The highest BCUT2D eigenvalue weighted by atomic mass is 32.1. The number of furan rings is 1. The van der Waals surface area contributed by atoms with Gasteiger partial charge in [-0.05, 0) is 12.1 Å². The Hall–Kier alpha value is -2.15. The van der Waals surface area contributed by atoms with Crippen LogP contribution in [0.5, 0.6) is 0 Å². The van der Waals surface area contributed by atoms with E-state index in [1.807, 2.05) is 6.92 Å². The smallest absolute Gasteiger partial charge is 0.293 e. The third-order valence-electron chi connectivity index (χ3n) is 2.20. The summed E-state index contributed by atoms with van der Waals surface area (Å²) in [6.45, 7) is 1.93. The fraction of sp³-hybridized carbons (Fsp3) is 0.182. The molecule has 0 saturated carbocycles. The average Bonchev–Trinajstić information content (AvgIpc) is 2.96. The molecule has 0 aliphatic carbocycles. The lowest BCUT2D eigenvalue weighted by Gasteiger charge is -1.97. The fourth-order valence-electron chi connectivity index (χ4n) is 1.29. The van der Waals surface area contributed by atoms with Gasteiger partial charge in [-0.3, -0.25) is 14.9 Å². The second kappa shape index (κ2) is 5.01. The van der Waals surface area contributed by atoms with Crippen LogP contribution in [0.4, 0.5) is 5.13 Å². The van der Waals surface area contributed by atoms with Gasteiger partial charge in [0.05, 0.1) is 6.20 Å². The predicted octanol–water partition coefficient (Wildman–Crippen LogP) is 1.65. The average molecular weight is 265 g/mol. The number of thiazole rings is 1. The Morgan fingerprint density at radius 1 is 1.50 bits per heavy atom. The molecule has 0 saturated heterocycles. The van der Waals surface area contributed by atoms with Gasteiger partial charge in [-0.15, -0.1) is 0 Å². The summed E-state index contributed by atoms with van der Waals surface area (Å²) in [5.41, 5.74) is 5.09. The van der Waals surface area contributed by atoms with Crippen molar-refractivity contribution in [1.82, 2.24) is 4.98 Å². The Bertz CT molecular complexity index is 588. The molecule has 3 N–H and O–H groups in total. The zero-order valence-corrected chi connectivity index (χ0v) is 10.4. The van der Waals surface area contributed by atoms with E-state index in [0.717, 1.165) is 23.5 Å². The molecule has 94 valence electrons. The van der Waals surface area contributed by atoms with Crippen LogP contribution in [0.1, 0.15) is 32.9 Å². The van der Waals surface area contributed by atoms with Crippen LogP contribution >= 0.6 is 11.3 Å². The van der Waals surface area contributed by atoms with Gasteiger partial charge >= 0.3 is 0 Å². The van der Waals surface area contributed by atoms with Crippen molar-refractivity contribution < 1.29 is 14.0 Å². The van der Waals surface area contributed by atoms with Gasteiger partial charge in [0, 0.05) is 6.42 Å². The predicted molar refractivity (Wildman–Crippen MR) is 66.7 cm³/mol. The lowest BCUT2D eigenvalue weighted by molar-refractivity contribution is 0.0990. The van der Waals surface area contributed by atoms with Crippen molar-refractivity contribution in [2.45, 2.75) is 13.3 Å². The molecule has 0 aromatic carbocycles. The fourth-order valence-corrected chi connectivity index (χ4v) is 1.96. The van der Waals surface area contributed by atoms with Crippen LogP contribution < -0.4 is 11.1 Å². The van der Waals surface area contributed by atoms with E-state index in [2.05, 4.69) is 10.3 Å². The summed E-state index contributed by atoms with van der Waals surface area (Å²) in [6, 6.07) is 3.34. The van der Waals surface area contributed by atoms with Gasteiger partial charge < -0.3 is 10.2 Å². The molecule has 2 aromatic rings. The Balaban J connectivity index is 2.08. The summed E-state index contributed by atoms with van der Waals surface area (Å²) in [7, 11) is 0. The number of rotatable bonds is 4. The van der Waals surface area contributed by atoms with Crippen LogP contribution in [-0.2, 0) is 6.42 Å². The topological polar surface area (TPSA) is 98.2 Å². The second-order valence-electron chi connectivity index (χ2n) is 3.47. The summed E-state index contributed by atoms with van der Waals surface area (Å²) in [5, 5.41) is 2.85. The number of amides is 2. The van der Waals surface area contributed by atoms with Gasteiger partial charge in [-0.2, -0.15) is 0 Å². The highest BCUT2D eigenvalue weighted by molar-refractivity contribution is 7.17. The summed E-state index contributed by atoms with van der Waals surface area (Å²) in [4.78, 5) is 26.8. The van der Waals surface area contributed by atoms with E-state index in [9.17, 15) is 9.59 Å². The number of nitrogens with zero attached hydrogens (tertiary/aromatic N) is 1. The Morgan fingerprint density at radius 3 is 2.83 bits per heavy atom. The van der Waals surface area contributed by atoms with E-state index in [1.54, 1.807) is 12.1 Å². The van der Waals surface area contributed by atoms with E-state index in [4.69, 9.17) is 10.2 Å². The molecule has 0 bridgehead atoms. The van der Waals surface area contributed by atoms with Crippen molar-refractivity contribution in [3.05, 3.63) is 34.7 Å². The molecular formula is C11H11N3O3S. The minimum Gasteiger partial charge on any atom is -0.456 e. The minimum absolute atomic E-state index is 0.211. The third kappa shape index (κ3) is 2.57. The Kier molecular flexibility index (Phi) is 3.42. The lowest BCUT2D eigenvalue weighted by Crippen LogP contribution is -2.10. The van der Waals surface area contributed by atoms with E-state index in [1.165, 1.54) is 6.20 Å². The monoisotopic (exact) mass is 265 g/mol. The number of nitrogens with two attached hydrogens (primary N) is 1. The van der Waals surface area contributed by atoms with Crippen LogP contribution in [0.3, 0.4) is 0 Å². The molecule has 0 aliphatic rings. The maximum Gasteiger partial charge on any atom is 0.293 e. The van der Waals surface area contributed by atoms with Gasteiger partial charge in [-0.25, -0.2) is 4.98 Å². The number of anilines is 1. The number of carbonyl (C=O) groups is 2. The molecule has 0 unspecified atom stereocenters. The molecule has 2 rings (SSSR count). The number of aryl methyl sites for hydroxylation is 1. The van der Waals surface area contributed by atoms with Crippen molar-refractivity contribution >= 4 is 28.3 Å². The largest absolute Gasteiger partial charge is 0.456 e. The van der Waals surface area contributed by atoms with Crippen LogP contribution in [0, 0.1) is 0 Å². The number of primary amides is 1. The summed E-state index contributed by atoms with van der Waals surface area (Å²) in [5.74, 6) is -0.0286. The Labute approximate surface area is 107 Å². The molecule has 7 heteroatoms. The van der Waals surface area contributed by atoms with E-state index < -0.39 is 11.8 Å². The molecular weight excluding hydrogens is 254 g/mol. The van der Waals surface area contributed by atoms with Crippen molar-refractivity contribution in [3.8, 4) is 0 Å². The molecule has 0 spiro atoms. The molecule has 2 heterocycles. The normalized spacial score (nSPS) is 10.3. The first-order chi connectivity index (χ1) is 8.60. The first-order valence-electron chi connectivity index (χ1n) is 5.26. The maximum absolute atomic E-state index is 11.8. The minimum atomic E-state index is -0.570. The van der Waals surface area contributed by atoms with Crippen molar-refractivity contribution in [2.75, 3.05) is 5.32 Å². The molecule has 6 nitrogen and oxygen atoms in total. The highest BCUT2D eigenvalue weighted by Crippen LogP contribution is 2.18. The number of aromatic nitrogens is 1. The van der Waals surface area contributed by atoms with E-state index >= 15 is 0 Å². The zero-order valence-electron chi connectivity index (χ0n) is 9.60. The second-order valence-corrected chi connectivity index (χ2v) is 4.50. The van der Waals surface area contributed by atoms with Crippen molar-refractivity contribution in [2.24, 2.45) is 5.73 Å². The SMILES string of the molecule is CCc1ccc(C(=O)Nc2ncc(C(N)=O)s2)o1. The molecule has 2 amide bonds.